The molecular formula is C16H15NO5S2. The van der Waals surface area contributed by atoms with Crippen molar-refractivity contribution < 1.29 is 22.2 Å². The molecule has 24 heavy (non-hydrogen) atoms. The third-order valence-electron chi connectivity index (χ3n) is 2.74. The highest BCUT2D eigenvalue weighted by Gasteiger charge is 2.18. The van der Waals surface area contributed by atoms with Crippen LogP contribution in [0.25, 0.3) is 0 Å². The lowest BCUT2D eigenvalue weighted by Crippen LogP contribution is -2.14. The Bertz CT molecular complexity index is 805. The van der Waals surface area contributed by atoms with Gasteiger partial charge in [0, 0.05) is 4.90 Å². The number of rotatable bonds is 5. The molecule has 0 bridgehead atoms. The first-order chi connectivity index (χ1) is 11.5. The lowest BCUT2D eigenvalue weighted by molar-refractivity contribution is -0.132. The van der Waals surface area contributed by atoms with Gasteiger partial charge in [0.1, 0.15) is 5.75 Å². The van der Waals surface area contributed by atoms with Crippen molar-refractivity contribution in [1.29, 1.82) is 0 Å². The van der Waals surface area contributed by atoms with E-state index in [2.05, 4.69) is 14.2 Å². The average molecular weight is 365 g/mol. The van der Waals surface area contributed by atoms with Crippen LogP contribution in [0.5, 0.6) is 0 Å². The summed E-state index contributed by atoms with van der Waals surface area (Å²) in [6.07, 6.45) is 0. The number of hydrogen-bond donors (Lipinski definition) is 0. The molecule has 2 aromatic carbocycles. The van der Waals surface area contributed by atoms with E-state index < -0.39 is 16.1 Å². The first-order valence-corrected chi connectivity index (χ1v) is 9.24. The zero-order valence-electron chi connectivity index (χ0n) is 12.8. The zero-order chi connectivity index (χ0) is 17.4. The van der Waals surface area contributed by atoms with Crippen LogP contribution in [0.15, 0.2) is 70.7 Å². The Hall–Kier alpha value is -2.32. The molecule has 2 aromatic rings. The van der Waals surface area contributed by atoms with Crippen LogP contribution in [-0.4, -0.2) is 26.5 Å². The van der Waals surface area contributed by atoms with E-state index in [0.717, 1.165) is 11.8 Å². The topological polar surface area (TPSA) is 82.0 Å². The molecule has 0 amide bonds. The van der Waals surface area contributed by atoms with Gasteiger partial charge in [-0.15, -0.1) is 0 Å². The smallest absolute Gasteiger partial charge is 0.367 e. The van der Waals surface area contributed by atoms with Crippen molar-refractivity contribution in [2.24, 2.45) is 5.16 Å². The summed E-state index contributed by atoms with van der Waals surface area (Å²) in [7, 11) is -2.79. The number of thioether (sulfide) groups is 1. The summed E-state index contributed by atoms with van der Waals surface area (Å²) in [6, 6.07) is 17.4. The maximum atomic E-state index is 12.0. The van der Waals surface area contributed by atoms with Crippen molar-refractivity contribution in [3.05, 3.63) is 66.2 Å². The number of hydrogen-bond acceptors (Lipinski definition) is 7. The second kappa shape index (κ2) is 8.51. The Balaban J connectivity index is 2.13. The lowest BCUT2D eigenvalue weighted by Gasteiger charge is -2.05. The van der Waals surface area contributed by atoms with E-state index in [1.54, 1.807) is 54.6 Å². The van der Waals surface area contributed by atoms with Gasteiger partial charge in [-0.25, -0.2) is 4.79 Å². The minimum absolute atomic E-state index is 0.208. The van der Waals surface area contributed by atoms with E-state index in [1.165, 1.54) is 7.11 Å². The largest absolute Gasteiger partial charge is 0.464 e. The predicted octanol–water partition coefficient (Wildman–Crippen LogP) is 2.81. The summed E-state index contributed by atoms with van der Waals surface area (Å²) in [5, 5.41) is 3.27. The van der Waals surface area contributed by atoms with Gasteiger partial charge in [-0.1, -0.05) is 65.4 Å². The SMILES string of the molecule is COC(=O)/C(=N/OS(=O)(=O)Cc1ccccc1)Sc1ccccc1. The molecule has 6 nitrogen and oxygen atoms in total. The van der Waals surface area contributed by atoms with Gasteiger partial charge in [0.25, 0.3) is 0 Å². The summed E-state index contributed by atoms with van der Waals surface area (Å²) in [5.74, 6) is -1.12. The van der Waals surface area contributed by atoms with Crippen LogP contribution >= 0.6 is 11.8 Å². The minimum atomic E-state index is -3.97. The number of nitrogens with zero attached hydrogens (tertiary/aromatic N) is 1. The van der Waals surface area contributed by atoms with Crippen LogP contribution in [0, 0.1) is 0 Å². The highest BCUT2D eigenvalue weighted by molar-refractivity contribution is 8.15. The minimum Gasteiger partial charge on any atom is -0.464 e. The van der Waals surface area contributed by atoms with E-state index in [1.807, 2.05) is 6.07 Å². The summed E-state index contributed by atoms with van der Waals surface area (Å²) in [4.78, 5) is 12.4. The summed E-state index contributed by atoms with van der Waals surface area (Å²) in [6.45, 7) is 0. The zero-order valence-corrected chi connectivity index (χ0v) is 14.4. The van der Waals surface area contributed by atoms with Crippen molar-refractivity contribution in [2.75, 3.05) is 7.11 Å². The Morgan fingerprint density at radius 3 is 2.21 bits per heavy atom. The molecule has 0 saturated heterocycles. The van der Waals surface area contributed by atoms with Crippen LogP contribution in [-0.2, 0) is 29.7 Å². The molecular weight excluding hydrogens is 350 g/mol. The Morgan fingerprint density at radius 2 is 1.62 bits per heavy atom. The second-order valence-electron chi connectivity index (χ2n) is 4.57. The Kier molecular flexibility index (Phi) is 6.39. The first-order valence-electron chi connectivity index (χ1n) is 6.84. The second-order valence-corrected chi connectivity index (χ2v) is 7.18. The van der Waals surface area contributed by atoms with E-state index in [9.17, 15) is 13.2 Å². The number of methoxy groups -OCH3 is 1. The molecule has 0 radical (unpaired) electrons. The number of benzene rings is 2. The molecule has 0 aliphatic rings. The molecule has 0 aliphatic heterocycles. The molecule has 8 heteroatoms. The van der Waals surface area contributed by atoms with Gasteiger partial charge < -0.3 is 4.74 Å². The van der Waals surface area contributed by atoms with E-state index >= 15 is 0 Å². The number of ether oxygens (including phenoxy) is 1. The van der Waals surface area contributed by atoms with Gasteiger partial charge in [0.05, 0.1) is 7.11 Å². The van der Waals surface area contributed by atoms with Gasteiger partial charge in [-0.2, -0.15) is 8.42 Å². The number of oxime groups is 1. The summed E-state index contributed by atoms with van der Waals surface area (Å²) < 4.78 is 33.2. The predicted molar refractivity (Wildman–Crippen MR) is 91.9 cm³/mol. The Morgan fingerprint density at radius 1 is 1.04 bits per heavy atom. The van der Waals surface area contributed by atoms with Crippen LogP contribution in [0.1, 0.15) is 5.56 Å². The number of esters is 1. The molecule has 0 aliphatic carbocycles. The third-order valence-corrected chi connectivity index (χ3v) is 4.67. The molecule has 0 heterocycles. The lowest BCUT2D eigenvalue weighted by atomic mass is 10.2. The van der Waals surface area contributed by atoms with Gasteiger partial charge >= 0.3 is 16.1 Å². The maximum absolute atomic E-state index is 12.0. The van der Waals surface area contributed by atoms with Crippen molar-refractivity contribution >= 4 is 32.9 Å². The monoisotopic (exact) mass is 365 g/mol. The summed E-state index contributed by atoms with van der Waals surface area (Å²) >= 11 is 0.954. The average Bonchev–Trinajstić information content (AvgIpc) is 2.59. The number of carbonyl (C=O) groups is 1. The van der Waals surface area contributed by atoms with Gasteiger partial charge in [-0.05, 0) is 17.7 Å². The third kappa shape index (κ3) is 5.71. The van der Waals surface area contributed by atoms with Crippen LogP contribution < -0.4 is 0 Å². The standard InChI is InChI=1S/C16H15NO5S2/c1-21-16(18)15(23-14-10-6-3-7-11-14)17-22-24(19,20)12-13-8-4-2-5-9-13/h2-11H,12H2,1H3/b17-15-. The fourth-order valence-electron chi connectivity index (χ4n) is 1.68. The normalized spacial score (nSPS) is 11.8. The molecule has 0 atom stereocenters. The highest BCUT2D eigenvalue weighted by atomic mass is 32.2. The van der Waals surface area contributed by atoms with Gasteiger partial charge in [0.2, 0.25) is 5.04 Å². The molecule has 2 rings (SSSR count). The van der Waals surface area contributed by atoms with Gasteiger partial charge in [0.15, 0.2) is 0 Å². The van der Waals surface area contributed by atoms with E-state index in [0.29, 0.717) is 10.5 Å². The highest BCUT2D eigenvalue weighted by Crippen LogP contribution is 2.20. The van der Waals surface area contributed by atoms with Crippen LogP contribution in [0.4, 0.5) is 0 Å². The van der Waals surface area contributed by atoms with E-state index in [-0.39, 0.29) is 10.8 Å². The first kappa shape index (κ1) is 18.0. The molecule has 126 valence electrons. The quantitative estimate of drug-likeness (QED) is 0.266. The van der Waals surface area contributed by atoms with Crippen molar-refractivity contribution in [3.63, 3.8) is 0 Å². The van der Waals surface area contributed by atoms with Crippen molar-refractivity contribution in [3.8, 4) is 0 Å². The van der Waals surface area contributed by atoms with Crippen LogP contribution in [0.2, 0.25) is 0 Å². The van der Waals surface area contributed by atoms with E-state index in [4.69, 9.17) is 0 Å². The molecule has 0 spiro atoms. The van der Waals surface area contributed by atoms with Crippen molar-refractivity contribution in [2.45, 2.75) is 10.6 Å². The molecule has 0 aromatic heterocycles. The number of carbonyl (C=O) groups excluding carboxylic acids is 1. The molecule has 0 N–H and O–H groups in total. The molecule has 0 unspecified atom stereocenters. The van der Waals surface area contributed by atoms with Crippen LogP contribution in [0.3, 0.4) is 0 Å². The summed E-state index contributed by atoms with van der Waals surface area (Å²) in [5.41, 5.74) is 0.558. The fraction of sp³-hybridized carbons (Fsp3) is 0.125. The molecule has 0 fully saturated rings. The van der Waals surface area contributed by atoms with Crippen molar-refractivity contribution in [1.82, 2.24) is 0 Å². The Labute approximate surface area is 144 Å². The molecule has 0 saturated carbocycles. The van der Waals surface area contributed by atoms with Gasteiger partial charge in [-0.3, -0.25) is 4.28 Å². The fourth-order valence-corrected chi connectivity index (χ4v) is 3.33. The maximum Gasteiger partial charge on any atom is 0.367 e.